The maximum atomic E-state index is 11.4. The third kappa shape index (κ3) is 18.9. The highest BCUT2D eigenvalue weighted by atomic mass is 16.6. The number of carbonyl (C=O) groups is 2. The average molecular weight is 317 g/mol. The average Bonchev–Trinajstić information content (AvgIpc) is 2.56. The van der Waals surface area contributed by atoms with Gasteiger partial charge in [-0.15, -0.1) is 0 Å². The molecule has 6 heteroatoms. The minimum Gasteiger partial charge on any atom is -0.358 e. The SMILES string of the molecule is CC.CNC(=O)CNC(=O)CCCCCCCCCCON. The first-order valence-corrected chi connectivity index (χ1v) is 8.49. The molecule has 4 N–H and O–H groups in total. The molecular weight excluding hydrogens is 282 g/mol. The molecule has 0 rings (SSSR count). The van der Waals surface area contributed by atoms with Gasteiger partial charge in [0.15, 0.2) is 0 Å². The molecule has 132 valence electrons. The molecule has 0 fully saturated rings. The number of unbranched alkanes of at least 4 members (excludes halogenated alkanes) is 7. The first-order chi connectivity index (χ1) is 10.7. The Morgan fingerprint density at radius 3 is 1.86 bits per heavy atom. The monoisotopic (exact) mass is 317 g/mol. The smallest absolute Gasteiger partial charge is 0.239 e. The molecule has 0 aliphatic rings. The van der Waals surface area contributed by atoms with E-state index in [2.05, 4.69) is 15.5 Å². The van der Waals surface area contributed by atoms with Crippen LogP contribution >= 0.6 is 0 Å². The van der Waals surface area contributed by atoms with Crippen molar-refractivity contribution < 1.29 is 14.4 Å². The molecule has 0 heterocycles. The molecule has 0 radical (unpaired) electrons. The van der Waals surface area contributed by atoms with Gasteiger partial charge in [0, 0.05) is 13.5 Å². The van der Waals surface area contributed by atoms with E-state index in [0.717, 1.165) is 25.7 Å². The van der Waals surface area contributed by atoms with E-state index in [4.69, 9.17) is 5.90 Å². The molecule has 0 aliphatic carbocycles. The topological polar surface area (TPSA) is 93.5 Å². The number of rotatable bonds is 13. The lowest BCUT2D eigenvalue weighted by molar-refractivity contribution is -0.125. The molecular formula is C16H35N3O3. The van der Waals surface area contributed by atoms with Crippen molar-refractivity contribution >= 4 is 11.8 Å². The fraction of sp³-hybridized carbons (Fsp3) is 0.875. The van der Waals surface area contributed by atoms with Crippen LogP contribution in [-0.4, -0.2) is 32.0 Å². The van der Waals surface area contributed by atoms with E-state index in [1.807, 2.05) is 13.8 Å². The standard InChI is InChI=1S/C14H29N3O3.C2H6/c1-16-14(19)12-17-13(18)10-8-6-4-2-3-5-7-9-11-20-15;1-2/h2-12,15H2,1H3,(H,16,19)(H,17,18);1-2H3. The molecule has 0 saturated carbocycles. The fourth-order valence-corrected chi connectivity index (χ4v) is 1.89. The second kappa shape index (κ2) is 19.9. The van der Waals surface area contributed by atoms with Gasteiger partial charge in [-0.1, -0.05) is 52.4 Å². The number of carbonyl (C=O) groups excluding carboxylic acids is 2. The fourth-order valence-electron chi connectivity index (χ4n) is 1.89. The van der Waals surface area contributed by atoms with Crippen LogP contribution in [0.25, 0.3) is 0 Å². The van der Waals surface area contributed by atoms with Crippen LogP contribution < -0.4 is 16.5 Å². The Bertz CT molecular complexity index is 261. The largest absolute Gasteiger partial charge is 0.358 e. The van der Waals surface area contributed by atoms with E-state index in [1.165, 1.54) is 25.7 Å². The molecule has 0 aliphatic heterocycles. The summed E-state index contributed by atoms with van der Waals surface area (Å²) < 4.78 is 0. The van der Waals surface area contributed by atoms with Gasteiger partial charge in [0.1, 0.15) is 0 Å². The molecule has 0 aromatic heterocycles. The Labute approximate surface area is 135 Å². The Morgan fingerprint density at radius 1 is 0.864 bits per heavy atom. The Hall–Kier alpha value is -1.14. The Kier molecular flexibility index (Phi) is 20.9. The highest BCUT2D eigenvalue weighted by Gasteiger charge is 2.03. The summed E-state index contributed by atoms with van der Waals surface area (Å²) in [5.74, 6) is 4.73. The summed E-state index contributed by atoms with van der Waals surface area (Å²) in [5.41, 5.74) is 0. The van der Waals surface area contributed by atoms with Gasteiger partial charge in [-0.05, 0) is 12.8 Å². The number of nitrogens with two attached hydrogens (primary N) is 1. The zero-order chi connectivity index (χ0) is 17.1. The van der Waals surface area contributed by atoms with Crippen molar-refractivity contribution in [1.29, 1.82) is 0 Å². The molecule has 0 aromatic carbocycles. The van der Waals surface area contributed by atoms with Crippen molar-refractivity contribution in [3.05, 3.63) is 0 Å². The highest BCUT2D eigenvalue weighted by Crippen LogP contribution is 2.09. The molecule has 0 spiro atoms. The van der Waals surface area contributed by atoms with Gasteiger partial charge >= 0.3 is 0 Å². The van der Waals surface area contributed by atoms with Crippen LogP contribution in [0.1, 0.15) is 71.6 Å². The molecule has 0 aromatic rings. The molecule has 2 amide bonds. The van der Waals surface area contributed by atoms with Crippen LogP contribution in [0.15, 0.2) is 0 Å². The molecule has 0 bridgehead atoms. The second-order valence-electron chi connectivity index (χ2n) is 4.90. The van der Waals surface area contributed by atoms with E-state index < -0.39 is 0 Å². The van der Waals surface area contributed by atoms with Crippen LogP contribution in [0, 0.1) is 0 Å². The van der Waals surface area contributed by atoms with Crippen molar-refractivity contribution in [2.45, 2.75) is 71.6 Å². The Balaban J connectivity index is 0. The number of amides is 2. The first kappa shape index (κ1) is 23.1. The number of hydrogen-bond donors (Lipinski definition) is 3. The van der Waals surface area contributed by atoms with Gasteiger partial charge in [-0.2, -0.15) is 0 Å². The highest BCUT2D eigenvalue weighted by molar-refractivity contribution is 5.84. The van der Waals surface area contributed by atoms with Crippen LogP contribution in [0.3, 0.4) is 0 Å². The van der Waals surface area contributed by atoms with Gasteiger partial charge in [-0.25, -0.2) is 5.90 Å². The molecule has 6 nitrogen and oxygen atoms in total. The predicted molar refractivity (Wildman–Crippen MR) is 90.1 cm³/mol. The van der Waals surface area contributed by atoms with Crippen molar-refractivity contribution in [3.63, 3.8) is 0 Å². The summed E-state index contributed by atoms with van der Waals surface area (Å²) in [6.45, 7) is 4.72. The van der Waals surface area contributed by atoms with Crippen molar-refractivity contribution in [2.75, 3.05) is 20.2 Å². The Morgan fingerprint density at radius 2 is 1.36 bits per heavy atom. The summed E-state index contributed by atoms with van der Waals surface area (Å²) in [6, 6.07) is 0. The zero-order valence-electron chi connectivity index (χ0n) is 14.6. The second-order valence-corrected chi connectivity index (χ2v) is 4.90. The van der Waals surface area contributed by atoms with Gasteiger partial charge in [0.05, 0.1) is 13.2 Å². The van der Waals surface area contributed by atoms with E-state index in [0.29, 0.717) is 13.0 Å². The van der Waals surface area contributed by atoms with Gasteiger partial charge in [-0.3, -0.25) is 9.59 Å². The van der Waals surface area contributed by atoms with Crippen molar-refractivity contribution in [2.24, 2.45) is 5.90 Å². The van der Waals surface area contributed by atoms with Crippen molar-refractivity contribution in [1.82, 2.24) is 10.6 Å². The summed E-state index contributed by atoms with van der Waals surface area (Å²) in [5, 5.41) is 5.05. The summed E-state index contributed by atoms with van der Waals surface area (Å²) in [6.07, 6.45) is 9.48. The molecule has 22 heavy (non-hydrogen) atoms. The summed E-state index contributed by atoms with van der Waals surface area (Å²) >= 11 is 0. The lowest BCUT2D eigenvalue weighted by Crippen LogP contribution is -2.34. The van der Waals surface area contributed by atoms with Crippen LogP contribution in [0.5, 0.6) is 0 Å². The normalized spacial score (nSPS) is 9.64. The number of hydrogen-bond acceptors (Lipinski definition) is 4. The summed E-state index contributed by atoms with van der Waals surface area (Å²) in [4.78, 5) is 26.8. The van der Waals surface area contributed by atoms with Gasteiger partial charge in [0.25, 0.3) is 0 Å². The van der Waals surface area contributed by atoms with Crippen LogP contribution in [0.2, 0.25) is 0 Å². The molecule has 0 saturated heterocycles. The minimum absolute atomic E-state index is 0.0459. The number of nitrogens with one attached hydrogen (secondary N) is 2. The maximum absolute atomic E-state index is 11.4. The third-order valence-electron chi connectivity index (χ3n) is 3.14. The van der Waals surface area contributed by atoms with E-state index in [-0.39, 0.29) is 18.4 Å². The lowest BCUT2D eigenvalue weighted by Gasteiger charge is -2.04. The zero-order valence-corrected chi connectivity index (χ0v) is 14.6. The predicted octanol–water partition coefficient (Wildman–Crippen LogP) is 2.28. The molecule has 0 unspecified atom stereocenters. The third-order valence-corrected chi connectivity index (χ3v) is 3.14. The van der Waals surface area contributed by atoms with Gasteiger partial charge < -0.3 is 15.5 Å². The van der Waals surface area contributed by atoms with E-state index >= 15 is 0 Å². The lowest BCUT2D eigenvalue weighted by atomic mass is 10.1. The summed E-state index contributed by atoms with van der Waals surface area (Å²) in [7, 11) is 1.55. The van der Waals surface area contributed by atoms with Crippen LogP contribution in [0.4, 0.5) is 0 Å². The van der Waals surface area contributed by atoms with Crippen molar-refractivity contribution in [3.8, 4) is 0 Å². The quantitative estimate of drug-likeness (QED) is 0.359. The minimum atomic E-state index is -0.168. The maximum Gasteiger partial charge on any atom is 0.239 e. The van der Waals surface area contributed by atoms with Gasteiger partial charge in [0.2, 0.25) is 11.8 Å². The first-order valence-electron chi connectivity index (χ1n) is 8.49. The van der Waals surface area contributed by atoms with Crippen LogP contribution in [-0.2, 0) is 14.4 Å². The molecule has 0 atom stereocenters. The van der Waals surface area contributed by atoms with E-state index in [1.54, 1.807) is 7.05 Å². The van der Waals surface area contributed by atoms with E-state index in [9.17, 15) is 9.59 Å². The number of likely N-dealkylation sites (N-methyl/N-ethyl adjacent to an activating group) is 1.